The van der Waals surface area contributed by atoms with Crippen LogP contribution in [0.4, 0.5) is 0 Å². The summed E-state index contributed by atoms with van der Waals surface area (Å²) in [6.07, 6.45) is 3.14. The second-order valence-electron chi connectivity index (χ2n) is 4.77. The molecule has 2 aromatic carbocycles. The molecule has 2 aromatic rings. The van der Waals surface area contributed by atoms with E-state index in [2.05, 4.69) is 17.1 Å². The largest absolute Gasteiger partial charge is 0.489 e. The van der Waals surface area contributed by atoms with Crippen LogP contribution in [-0.4, -0.2) is 25.3 Å². The van der Waals surface area contributed by atoms with Gasteiger partial charge in [-0.25, -0.2) is 5.43 Å². The first-order chi connectivity index (χ1) is 12.1. The van der Waals surface area contributed by atoms with Crippen molar-refractivity contribution in [2.45, 2.75) is 0 Å². The molecule has 1 amide bonds. The lowest BCUT2D eigenvalue weighted by molar-refractivity contribution is -0.123. The standard InChI is InChI=1S/C18H16Cl2N2O3/c1-2-10-24-15-8-4-3-6-13(15)11-21-22-17(23)12-25-16-9-5-7-14(19)18(16)20/h2-9,11H,1,10,12H2,(H,22,23)/b21-11-. The van der Waals surface area contributed by atoms with E-state index in [0.717, 1.165) is 5.56 Å². The Hall–Kier alpha value is -2.50. The van der Waals surface area contributed by atoms with E-state index >= 15 is 0 Å². The van der Waals surface area contributed by atoms with Crippen molar-refractivity contribution in [3.05, 3.63) is 70.7 Å². The van der Waals surface area contributed by atoms with Crippen LogP contribution in [0.2, 0.25) is 10.0 Å². The Morgan fingerprint density at radius 3 is 2.68 bits per heavy atom. The fraction of sp³-hybridized carbons (Fsp3) is 0.111. The normalized spacial score (nSPS) is 10.5. The van der Waals surface area contributed by atoms with Crippen LogP contribution in [0.15, 0.2) is 60.2 Å². The molecular formula is C18H16Cl2N2O3. The second kappa shape index (κ2) is 9.71. The van der Waals surface area contributed by atoms with Gasteiger partial charge < -0.3 is 9.47 Å². The van der Waals surface area contributed by atoms with Gasteiger partial charge in [0.2, 0.25) is 0 Å². The first kappa shape index (κ1) is 18.8. The molecule has 0 atom stereocenters. The number of hydrogen-bond donors (Lipinski definition) is 1. The van der Waals surface area contributed by atoms with Gasteiger partial charge in [-0.3, -0.25) is 4.79 Å². The maximum absolute atomic E-state index is 11.8. The number of nitrogens with one attached hydrogen (secondary N) is 1. The van der Waals surface area contributed by atoms with Gasteiger partial charge >= 0.3 is 0 Å². The number of halogens is 2. The summed E-state index contributed by atoms with van der Waals surface area (Å²) in [6.45, 7) is 3.74. The molecule has 0 bridgehead atoms. The zero-order valence-electron chi connectivity index (χ0n) is 13.2. The zero-order valence-corrected chi connectivity index (χ0v) is 14.8. The fourth-order valence-corrected chi connectivity index (χ4v) is 2.16. The van der Waals surface area contributed by atoms with E-state index in [1.165, 1.54) is 6.21 Å². The van der Waals surface area contributed by atoms with Crippen LogP contribution in [-0.2, 0) is 4.79 Å². The van der Waals surface area contributed by atoms with Gasteiger partial charge in [-0.2, -0.15) is 5.10 Å². The van der Waals surface area contributed by atoms with Crippen LogP contribution in [0.5, 0.6) is 11.5 Å². The monoisotopic (exact) mass is 378 g/mol. The number of carbonyl (C=O) groups is 1. The minimum atomic E-state index is -0.434. The van der Waals surface area contributed by atoms with Gasteiger partial charge in [-0.1, -0.05) is 54.1 Å². The van der Waals surface area contributed by atoms with Crippen molar-refractivity contribution in [2.75, 3.05) is 13.2 Å². The van der Waals surface area contributed by atoms with Crippen molar-refractivity contribution in [3.8, 4) is 11.5 Å². The molecule has 0 aromatic heterocycles. The van der Waals surface area contributed by atoms with E-state index in [-0.39, 0.29) is 11.6 Å². The summed E-state index contributed by atoms with van der Waals surface area (Å²) in [7, 11) is 0. The molecule has 0 heterocycles. The molecule has 0 fully saturated rings. The smallest absolute Gasteiger partial charge is 0.277 e. The van der Waals surface area contributed by atoms with Crippen LogP contribution in [0.3, 0.4) is 0 Å². The van der Waals surface area contributed by atoms with Gasteiger partial charge in [-0.05, 0) is 24.3 Å². The van der Waals surface area contributed by atoms with Gasteiger partial charge in [0.25, 0.3) is 5.91 Å². The number of ether oxygens (including phenoxy) is 2. The van der Waals surface area contributed by atoms with Gasteiger partial charge in [0.05, 0.1) is 11.2 Å². The Morgan fingerprint density at radius 2 is 1.88 bits per heavy atom. The molecule has 1 N–H and O–H groups in total. The van der Waals surface area contributed by atoms with Crippen molar-refractivity contribution in [2.24, 2.45) is 5.10 Å². The summed E-state index contributed by atoms with van der Waals surface area (Å²) in [5, 5.41) is 4.51. The summed E-state index contributed by atoms with van der Waals surface area (Å²) in [4.78, 5) is 11.8. The summed E-state index contributed by atoms with van der Waals surface area (Å²) >= 11 is 11.9. The summed E-state index contributed by atoms with van der Waals surface area (Å²) in [5.41, 5.74) is 3.10. The third-order valence-corrected chi connectivity index (χ3v) is 3.75. The molecule has 0 aliphatic heterocycles. The van der Waals surface area contributed by atoms with Crippen LogP contribution < -0.4 is 14.9 Å². The number of hydrogen-bond acceptors (Lipinski definition) is 4. The molecule has 0 radical (unpaired) electrons. The highest BCUT2D eigenvalue weighted by atomic mass is 35.5. The Balaban J connectivity index is 1.88. The SMILES string of the molecule is C=CCOc1ccccc1/C=N\NC(=O)COc1cccc(Cl)c1Cl. The summed E-state index contributed by atoms with van der Waals surface area (Å²) in [6, 6.07) is 12.2. The third-order valence-electron chi connectivity index (χ3n) is 2.94. The van der Waals surface area contributed by atoms with Crippen molar-refractivity contribution >= 4 is 35.3 Å². The molecule has 7 heteroatoms. The molecule has 130 valence electrons. The van der Waals surface area contributed by atoms with Crippen LogP contribution in [0.25, 0.3) is 0 Å². The highest BCUT2D eigenvalue weighted by molar-refractivity contribution is 6.42. The second-order valence-corrected chi connectivity index (χ2v) is 5.56. The highest BCUT2D eigenvalue weighted by Crippen LogP contribution is 2.31. The fourth-order valence-electron chi connectivity index (χ4n) is 1.81. The molecule has 0 aliphatic rings. The number of benzene rings is 2. The first-order valence-electron chi connectivity index (χ1n) is 7.33. The predicted molar refractivity (Wildman–Crippen MR) is 99.8 cm³/mol. The minimum Gasteiger partial charge on any atom is -0.489 e. The molecule has 0 spiro atoms. The lowest BCUT2D eigenvalue weighted by atomic mass is 10.2. The van der Waals surface area contributed by atoms with E-state index in [1.807, 2.05) is 18.2 Å². The molecule has 0 aliphatic carbocycles. The lowest BCUT2D eigenvalue weighted by Gasteiger charge is -2.08. The Labute approximate surface area is 155 Å². The van der Waals surface area contributed by atoms with E-state index < -0.39 is 5.91 Å². The van der Waals surface area contributed by atoms with E-state index in [1.54, 1.807) is 30.3 Å². The molecular weight excluding hydrogens is 363 g/mol. The van der Waals surface area contributed by atoms with Crippen LogP contribution in [0, 0.1) is 0 Å². The number of amides is 1. The molecule has 0 unspecified atom stereocenters. The van der Waals surface area contributed by atoms with E-state index in [9.17, 15) is 4.79 Å². The van der Waals surface area contributed by atoms with Crippen molar-refractivity contribution < 1.29 is 14.3 Å². The van der Waals surface area contributed by atoms with E-state index in [0.29, 0.717) is 23.1 Å². The van der Waals surface area contributed by atoms with Crippen LogP contribution >= 0.6 is 23.2 Å². The topological polar surface area (TPSA) is 59.9 Å². The maximum atomic E-state index is 11.8. The number of carbonyl (C=O) groups excluding carboxylic acids is 1. The maximum Gasteiger partial charge on any atom is 0.277 e. The van der Waals surface area contributed by atoms with Gasteiger partial charge in [0.15, 0.2) is 6.61 Å². The first-order valence-corrected chi connectivity index (χ1v) is 8.09. The lowest BCUT2D eigenvalue weighted by Crippen LogP contribution is -2.24. The molecule has 0 saturated heterocycles. The third kappa shape index (κ3) is 5.81. The Kier molecular flexibility index (Phi) is 7.32. The minimum absolute atomic E-state index is 0.244. The van der Waals surface area contributed by atoms with E-state index in [4.69, 9.17) is 32.7 Å². The molecule has 2 rings (SSSR count). The van der Waals surface area contributed by atoms with Crippen LogP contribution in [0.1, 0.15) is 5.56 Å². The van der Waals surface area contributed by atoms with Crippen molar-refractivity contribution in [3.63, 3.8) is 0 Å². The predicted octanol–water partition coefficient (Wildman–Crippen LogP) is 4.09. The summed E-state index contributed by atoms with van der Waals surface area (Å²) in [5.74, 6) is 0.538. The molecule has 0 saturated carbocycles. The zero-order chi connectivity index (χ0) is 18.1. The van der Waals surface area contributed by atoms with Gasteiger partial charge in [0, 0.05) is 5.56 Å². The Bertz CT molecular complexity index is 779. The van der Waals surface area contributed by atoms with Gasteiger partial charge in [0.1, 0.15) is 23.1 Å². The van der Waals surface area contributed by atoms with Crippen molar-refractivity contribution in [1.29, 1.82) is 0 Å². The van der Waals surface area contributed by atoms with Gasteiger partial charge in [-0.15, -0.1) is 0 Å². The number of hydrazone groups is 1. The quantitative estimate of drug-likeness (QED) is 0.427. The molecule has 5 nitrogen and oxygen atoms in total. The Morgan fingerprint density at radius 1 is 1.12 bits per heavy atom. The summed E-state index contributed by atoms with van der Waals surface area (Å²) < 4.78 is 10.8. The number of rotatable bonds is 8. The number of nitrogens with zero attached hydrogens (tertiary/aromatic N) is 1. The molecule has 25 heavy (non-hydrogen) atoms. The average molecular weight is 379 g/mol. The average Bonchev–Trinajstić information content (AvgIpc) is 2.62. The highest BCUT2D eigenvalue weighted by Gasteiger charge is 2.08. The number of para-hydroxylation sites is 1. The van der Waals surface area contributed by atoms with Crippen molar-refractivity contribution in [1.82, 2.24) is 5.43 Å².